The molecule has 1 aromatic heterocycles. The summed E-state index contributed by atoms with van der Waals surface area (Å²) >= 11 is 3.44. The van der Waals surface area contributed by atoms with E-state index in [0.717, 1.165) is 15.7 Å². The lowest BCUT2D eigenvalue weighted by Gasteiger charge is -2.03. The SMILES string of the molecule is Cc1cc(Nc2nc3ccc(C(=O)O)cc3o2)ccc1Br. The van der Waals surface area contributed by atoms with E-state index in [1.54, 1.807) is 6.07 Å². The molecule has 0 amide bonds. The second-order valence-corrected chi connectivity index (χ2v) is 5.45. The van der Waals surface area contributed by atoms with E-state index in [2.05, 4.69) is 26.2 Å². The zero-order chi connectivity index (χ0) is 15.0. The van der Waals surface area contributed by atoms with Gasteiger partial charge in [-0.25, -0.2) is 4.79 Å². The number of anilines is 2. The number of nitrogens with one attached hydrogen (secondary N) is 1. The molecular formula is C15H11BrN2O3. The average molecular weight is 347 g/mol. The third-order valence-corrected chi connectivity index (χ3v) is 3.93. The van der Waals surface area contributed by atoms with Crippen molar-refractivity contribution in [3.05, 3.63) is 52.0 Å². The minimum Gasteiger partial charge on any atom is -0.478 e. The van der Waals surface area contributed by atoms with Crippen molar-refractivity contribution in [1.29, 1.82) is 0 Å². The van der Waals surface area contributed by atoms with Crippen LogP contribution in [0.5, 0.6) is 0 Å². The van der Waals surface area contributed by atoms with Crippen LogP contribution in [0.1, 0.15) is 15.9 Å². The number of carbonyl (C=O) groups is 1. The van der Waals surface area contributed by atoms with Crippen molar-refractivity contribution in [1.82, 2.24) is 4.98 Å². The van der Waals surface area contributed by atoms with E-state index in [1.165, 1.54) is 12.1 Å². The number of carboxylic acid groups (broad SMARTS) is 1. The van der Waals surface area contributed by atoms with Crippen LogP contribution in [0.2, 0.25) is 0 Å². The number of carboxylic acids is 1. The molecule has 2 aromatic carbocycles. The van der Waals surface area contributed by atoms with Gasteiger partial charge < -0.3 is 14.8 Å². The molecule has 0 aliphatic rings. The number of hydrogen-bond acceptors (Lipinski definition) is 4. The molecule has 0 spiro atoms. The predicted octanol–water partition coefficient (Wildman–Crippen LogP) is 4.34. The summed E-state index contributed by atoms with van der Waals surface area (Å²) < 4.78 is 6.56. The minimum absolute atomic E-state index is 0.171. The Morgan fingerprint density at radius 2 is 2.10 bits per heavy atom. The van der Waals surface area contributed by atoms with Crippen LogP contribution in [0.25, 0.3) is 11.1 Å². The Kier molecular flexibility index (Phi) is 3.39. The normalized spacial score (nSPS) is 10.8. The summed E-state index contributed by atoms with van der Waals surface area (Å²) in [5.41, 5.74) is 3.15. The van der Waals surface area contributed by atoms with Gasteiger partial charge in [0.1, 0.15) is 5.52 Å². The van der Waals surface area contributed by atoms with E-state index in [1.807, 2.05) is 25.1 Å². The largest absolute Gasteiger partial charge is 0.478 e. The van der Waals surface area contributed by atoms with E-state index in [4.69, 9.17) is 9.52 Å². The van der Waals surface area contributed by atoms with Crippen LogP contribution in [0, 0.1) is 6.92 Å². The molecule has 0 saturated heterocycles. The lowest BCUT2D eigenvalue weighted by atomic mass is 10.2. The van der Waals surface area contributed by atoms with Gasteiger partial charge in [-0.1, -0.05) is 15.9 Å². The van der Waals surface area contributed by atoms with Crippen molar-refractivity contribution < 1.29 is 14.3 Å². The highest BCUT2D eigenvalue weighted by molar-refractivity contribution is 9.10. The van der Waals surface area contributed by atoms with Gasteiger partial charge in [0, 0.05) is 10.2 Å². The van der Waals surface area contributed by atoms with E-state index in [9.17, 15) is 4.79 Å². The van der Waals surface area contributed by atoms with Gasteiger partial charge in [-0.15, -0.1) is 0 Å². The fourth-order valence-electron chi connectivity index (χ4n) is 1.96. The second kappa shape index (κ2) is 5.21. The second-order valence-electron chi connectivity index (χ2n) is 4.60. The summed E-state index contributed by atoms with van der Waals surface area (Å²) in [4.78, 5) is 15.2. The third kappa shape index (κ3) is 2.75. The minimum atomic E-state index is -0.994. The quantitative estimate of drug-likeness (QED) is 0.737. The standard InChI is InChI=1S/C15H11BrN2O3/c1-8-6-10(3-4-11(8)16)17-15-18-12-5-2-9(14(19)20)7-13(12)21-15/h2-7H,1H3,(H,17,18)(H,19,20). The van der Waals surface area contributed by atoms with Crippen LogP contribution < -0.4 is 5.32 Å². The summed E-state index contributed by atoms with van der Waals surface area (Å²) in [5.74, 6) is -0.994. The van der Waals surface area contributed by atoms with E-state index in [0.29, 0.717) is 17.1 Å². The first-order valence-corrected chi connectivity index (χ1v) is 6.99. The van der Waals surface area contributed by atoms with Crippen LogP contribution in [-0.4, -0.2) is 16.1 Å². The Labute approximate surface area is 128 Å². The smallest absolute Gasteiger partial charge is 0.335 e. The maximum atomic E-state index is 10.9. The average Bonchev–Trinajstić information content (AvgIpc) is 2.84. The van der Waals surface area contributed by atoms with Crippen molar-refractivity contribution in [3.8, 4) is 0 Å². The highest BCUT2D eigenvalue weighted by Crippen LogP contribution is 2.25. The van der Waals surface area contributed by atoms with Gasteiger partial charge in [0.05, 0.1) is 5.56 Å². The van der Waals surface area contributed by atoms with E-state index >= 15 is 0 Å². The molecule has 0 radical (unpaired) electrons. The van der Waals surface area contributed by atoms with Gasteiger partial charge in [0.25, 0.3) is 6.01 Å². The number of aryl methyl sites for hydroxylation is 1. The molecule has 21 heavy (non-hydrogen) atoms. The summed E-state index contributed by atoms with van der Waals surface area (Å²) in [7, 11) is 0. The van der Waals surface area contributed by atoms with Crippen LogP contribution in [0.4, 0.5) is 11.7 Å². The Hall–Kier alpha value is -2.34. The van der Waals surface area contributed by atoms with E-state index in [-0.39, 0.29) is 5.56 Å². The highest BCUT2D eigenvalue weighted by atomic mass is 79.9. The van der Waals surface area contributed by atoms with Crippen molar-refractivity contribution in [2.24, 2.45) is 0 Å². The first kappa shape index (κ1) is 13.6. The number of fused-ring (bicyclic) bond motifs is 1. The molecule has 0 unspecified atom stereocenters. The van der Waals surface area contributed by atoms with Crippen LogP contribution in [0.15, 0.2) is 45.3 Å². The van der Waals surface area contributed by atoms with Crippen LogP contribution >= 0.6 is 15.9 Å². The fourth-order valence-corrected chi connectivity index (χ4v) is 2.20. The van der Waals surface area contributed by atoms with Crippen molar-refractivity contribution in [2.45, 2.75) is 6.92 Å². The van der Waals surface area contributed by atoms with Crippen molar-refractivity contribution >= 4 is 44.7 Å². The van der Waals surface area contributed by atoms with Crippen molar-refractivity contribution in [2.75, 3.05) is 5.32 Å². The molecule has 3 aromatic rings. The van der Waals surface area contributed by atoms with Gasteiger partial charge in [-0.3, -0.25) is 0 Å². The molecule has 0 aliphatic carbocycles. The van der Waals surface area contributed by atoms with Gasteiger partial charge >= 0.3 is 5.97 Å². The molecule has 0 fully saturated rings. The molecular weight excluding hydrogens is 336 g/mol. The molecule has 5 nitrogen and oxygen atoms in total. The lowest BCUT2D eigenvalue weighted by molar-refractivity contribution is 0.0697. The Morgan fingerprint density at radius 1 is 1.29 bits per heavy atom. The van der Waals surface area contributed by atoms with Gasteiger partial charge in [-0.05, 0) is 48.9 Å². The summed E-state index contributed by atoms with van der Waals surface area (Å²) in [6.07, 6.45) is 0. The molecule has 1 heterocycles. The molecule has 3 rings (SSSR count). The van der Waals surface area contributed by atoms with Gasteiger partial charge in [-0.2, -0.15) is 4.98 Å². The van der Waals surface area contributed by atoms with Crippen molar-refractivity contribution in [3.63, 3.8) is 0 Å². The zero-order valence-corrected chi connectivity index (χ0v) is 12.6. The molecule has 106 valence electrons. The molecule has 0 atom stereocenters. The van der Waals surface area contributed by atoms with E-state index < -0.39 is 5.97 Å². The summed E-state index contributed by atoms with van der Waals surface area (Å²) in [5, 5.41) is 12.0. The number of nitrogens with zero attached hydrogens (tertiary/aromatic N) is 1. The maximum Gasteiger partial charge on any atom is 0.335 e. The van der Waals surface area contributed by atoms with Crippen LogP contribution in [-0.2, 0) is 0 Å². The number of oxazole rings is 1. The number of halogens is 1. The van der Waals surface area contributed by atoms with Gasteiger partial charge in [0.15, 0.2) is 5.58 Å². The first-order valence-electron chi connectivity index (χ1n) is 6.20. The molecule has 0 bridgehead atoms. The molecule has 0 aliphatic heterocycles. The number of hydrogen-bond donors (Lipinski definition) is 2. The molecule has 2 N–H and O–H groups in total. The summed E-state index contributed by atoms with van der Waals surface area (Å²) in [6.45, 7) is 1.99. The monoisotopic (exact) mass is 346 g/mol. The number of aromatic nitrogens is 1. The number of rotatable bonds is 3. The summed E-state index contributed by atoms with van der Waals surface area (Å²) in [6, 6.07) is 10.7. The third-order valence-electron chi connectivity index (χ3n) is 3.04. The topological polar surface area (TPSA) is 75.4 Å². The first-order chi connectivity index (χ1) is 10.0. The zero-order valence-electron chi connectivity index (χ0n) is 11.1. The lowest BCUT2D eigenvalue weighted by Crippen LogP contribution is -1.94. The molecule has 0 saturated carbocycles. The Morgan fingerprint density at radius 3 is 2.81 bits per heavy atom. The van der Waals surface area contributed by atoms with Gasteiger partial charge in [0.2, 0.25) is 0 Å². The predicted molar refractivity (Wildman–Crippen MR) is 83.1 cm³/mol. The Balaban J connectivity index is 1.93. The highest BCUT2D eigenvalue weighted by Gasteiger charge is 2.10. The van der Waals surface area contributed by atoms with Crippen LogP contribution in [0.3, 0.4) is 0 Å². The molecule has 6 heteroatoms. The Bertz CT molecular complexity index is 842. The number of benzene rings is 2. The number of aromatic carboxylic acids is 1. The maximum absolute atomic E-state index is 10.9. The fraction of sp³-hybridized carbons (Fsp3) is 0.0667.